The maximum Gasteiger partial charge on any atom is 0.252 e. The Morgan fingerprint density at radius 3 is 2.49 bits per heavy atom. The van der Waals surface area contributed by atoms with E-state index in [2.05, 4.69) is 5.32 Å². The fraction of sp³-hybridized carbons (Fsp3) is 0.536. The van der Waals surface area contributed by atoms with Crippen molar-refractivity contribution in [1.82, 2.24) is 5.32 Å². The second kappa shape index (κ2) is 11.1. The van der Waals surface area contributed by atoms with Gasteiger partial charge < -0.3 is 24.3 Å². The van der Waals surface area contributed by atoms with Gasteiger partial charge in [0.05, 0.1) is 25.4 Å². The molecule has 0 unspecified atom stereocenters. The lowest BCUT2D eigenvalue weighted by molar-refractivity contribution is -0.183. The summed E-state index contributed by atoms with van der Waals surface area (Å²) in [6.45, 7) is 7.78. The summed E-state index contributed by atoms with van der Waals surface area (Å²) in [4.78, 5) is 13.6. The summed E-state index contributed by atoms with van der Waals surface area (Å²) in [6, 6.07) is 9.78. The molecule has 4 rings (SSSR count). The number of ether oxygens (including phenoxy) is 4. The summed E-state index contributed by atoms with van der Waals surface area (Å²) in [5.74, 6) is -3.41. The van der Waals surface area contributed by atoms with E-state index in [1.54, 1.807) is 32.0 Å². The SMILES string of the molecule is CC(C)CNC(=O)[C@@]1(OCc2ccccc2F)C[C@H](OCc2ccc(F)c(F)c2)[C@@H]2OC(C)(C)O[C@@H]2C1. The largest absolute Gasteiger partial charge is 0.371 e. The van der Waals surface area contributed by atoms with Crippen LogP contribution in [0.4, 0.5) is 13.2 Å². The van der Waals surface area contributed by atoms with Crippen LogP contribution >= 0.6 is 0 Å². The molecule has 37 heavy (non-hydrogen) atoms. The van der Waals surface area contributed by atoms with Gasteiger partial charge >= 0.3 is 0 Å². The van der Waals surface area contributed by atoms with E-state index in [9.17, 15) is 18.0 Å². The molecule has 1 heterocycles. The second-order valence-corrected chi connectivity index (χ2v) is 10.6. The molecule has 0 aromatic heterocycles. The van der Waals surface area contributed by atoms with Crippen molar-refractivity contribution >= 4 is 5.91 Å². The first-order chi connectivity index (χ1) is 17.5. The zero-order chi connectivity index (χ0) is 26.8. The highest BCUT2D eigenvalue weighted by atomic mass is 19.2. The van der Waals surface area contributed by atoms with Crippen LogP contribution < -0.4 is 5.32 Å². The molecule has 9 heteroatoms. The number of rotatable bonds is 9. The molecule has 6 nitrogen and oxygen atoms in total. The topological polar surface area (TPSA) is 66.0 Å². The summed E-state index contributed by atoms with van der Waals surface area (Å²) in [5, 5.41) is 2.95. The third kappa shape index (κ3) is 6.52. The highest BCUT2D eigenvalue weighted by Crippen LogP contribution is 2.44. The molecule has 4 atom stereocenters. The Morgan fingerprint density at radius 1 is 1.03 bits per heavy atom. The Hall–Kier alpha value is -2.46. The molecule has 1 aliphatic heterocycles. The zero-order valence-corrected chi connectivity index (χ0v) is 21.6. The molecule has 1 aliphatic carbocycles. The summed E-state index contributed by atoms with van der Waals surface area (Å²) >= 11 is 0. The average Bonchev–Trinajstić information content (AvgIpc) is 3.16. The first-order valence-electron chi connectivity index (χ1n) is 12.5. The third-order valence-electron chi connectivity index (χ3n) is 6.64. The van der Waals surface area contributed by atoms with Crippen LogP contribution in [0.15, 0.2) is 42.5 Å². The Morgan fingerprint density at radius 2 is 1.78 bits per heavy atom. The third-order valence-corrected chi connectivity index (χ3v) is 6.64. The highest BCUT2D eigenvalue weighted by Gasteiger charge is 2.58. The van der Waals surface area contributed by atoms with Gasteiger partial charge in [0.25, 0.3) is 5.91 Å². The van der Waals surface area contributed by atoms with E-state index < -0.39 is 47.2 Å². The monoisotopic (exact) mass is 521 g/mol. The van der Waals surface area contributed by atoms with Gasteiger partial charge in [-0.05, 0) is 43.5 Å². The van der Waals surface area contributed by atoms with Gasteiger partial charge in [0.15, 0.2) is 23.0 Å². The van der Waals surface area contributed by atoms with Crippen molar-refractivity contribution in [3.8, 4) is 0 Å². The van der Waals surface area contributed by atoms with E-state index in [-0.39, 0.29) is 37.9 Å². The van der Waals surface area contributed by atoms with E-state index in [1.165, 1.54) is 12.1 Å². The van der Waals surface area contributed by atoms with Gasteiger partial charge in [0, 0.05) is 24.9 Å². The zero-order valence-electron chi connectivity index (χ0n) is 21.6. The predicted octanol–water partition coefficient (Wildman–Crippen LogP) is 5.03. The molecule has 202 valence electrons. The van der Waals surface area contributed by atoms with Crippen LogP contribution in [0.25, 0.3) is 0 Å². The first kappa shape index (κ1) is 27.6. The second-order valence-electron chi connectivity index (χ2n) is 10.6. The van der Waals surface area contributed by atoms with Crippen LogP contribution in [0.1, 0.15) is 51.7 Å². The van der Waals surface area contributed by atoms with E-state index in [0.29, 0.717) is 17.7 Å². The number of hydrogen-bond donors (Lipinski definition) is 1. The summed E-state index contributed by atoms with van der Waals surface area (Å²) in [7, 11) is 0. The highest BCUT2D eigenvalue weighted by molar-refractivity contribution is 5.85. The Bertz CT molecular complexity index is 1110. The minimum absolute atomic E-state index is 0.0358. The van der Waals surface area contributed by atoms with Gasteiger partial charge in [-0.25, -0.2) is 13.2 Å². The maximum atomic E-state index is 14.4. The Kier molecular flexibility index (Phi) is 8.28. The van der Waals surface area contributed by atoms with Crippen molar-refractivity contribution in [3.63, 3.8) is 0 Å². The summed E-state index contributed by atoms with van der Waals surface area (Å²) < 4.78 is 66.2. The summed E-state index contributed by atoms with van der Waals surface area (Å²) in [6.07, 6.45) is -1.42. The molecule has 0 radical (unpaired) electrons. The molecule has 2 aromatic carbocycles. The number of carbonyl (C=O) groups excluding carboxylic acids is 1. The lowest BCUT2D eigenvalue weighted by atomic mass is 9.78. The van der Waals surface area contributed by atoms with Crippen molar-refractivity contribution in [2.24, 2.45) is 5.92 Å². The van der Waals surface area contributed by atoms with Crippen LogP contribution in [-0.2, 0) is 37.0 Å². The van der Waals surface area contributed by atoms with Gasteiger partial charge in [0.2, 0.25) is 0 Å². The van der Waals surface area contributed by atoms with Gasteiger partial charge in [-0.3, -0.25) is 4.79 Å². The molecule has 2 aliphatic rings. The quantitative estimate of drug-likeness (QED) is 0.502. The van der Waals surface area contributed by atoms with Gasteiger partial charge in [-0.2, -0.15) is 0 Å². The van der Waals surface area contributed by atoms with E-state index in [1.807, 2.05) is 13.8 Å². The smallest absolute Gasteiger partial charge is 0.252 e. The van der Waals surface area contributed by atoms with Crippen LogP contribution in [0.5, 0.6) is 0 Å². The first-order valence-corrected chi connectivity index (χ1v) is 12.5. The van der Waals surface area contributed by atoms with Crippen molar-refractivity contribution < 1.29 is 36.9 Å². The molecule has 1 saturated carbocycles. The molecule has 0 spiro atoms. The van der Waals surface area contributed by atoms with Crippen molar-refractivity contribution in [1.29, 1.82) is 0 Å². The average molecular weight is 522 g/mol. The Labute approximate surface area is 215 Å². The molecule has 1 N–H and O–H groups in total. The van der Waals surface area contributed by atoms with Crippen LogP contribution in [0.2, 0.25) is 0 Å². The molecule has 2 aromatic rings. The molecule has 1 amide bonds. The lowest BCUT2D eigenvalue weighted by Gasteiger charge is -2.43. The molecule has 2 fully saturated rings. The van der Waals surface area contributed by atoms with Gasteiger partial charge in [0.1, 0.15) is 11.9 Å². The van der Waals surface area contributed by atoms with Crippen molar-refractivity contribution in [3.05, 3.63) is 71.0 Å². The Balaban J connectivity index is 1.61. The standard InChI is InChI=1S/C28H34F3NO5/c1-17(2)14-32-26(33)28(35-16-19-7-5-6-8-20(19)29)12-23(25-24(13-28)36-27(3,4)37-25)34-15-18-9-10-21(30)22(31)11-18/h5-11,17,23-25H,12-16H2,1-4H3,(H,32,33)/t23-,24+,25-,28+/m0/s1. The number of amides is 1. The molecular weight excluding hydrogens is 487 g/mol. The molecular formula is C28H34F3NO5. The minimum Gasteiger partial charge on any atom is -0.371 e. The molecule has 1 saturated heterocycles. The fourth-order valence-electron chi connectivity index (χ4n) is 4.83. The summed E-state index contributed by atoms with van der Waals surface area (Å²) in [5.41, 5.74) is -0.633. The van der Waals surface area contributed by atoms with E-state index >= 15 is 0 Å². The lowest BCUT2D eigenvalue weighted by Crippen LogP contribution is -2.60. The van der Waals surface area contributed by atoms with Gasteiger partial charge in [-0.15, -0.1) is 0 Å². The fourth-order valence-corrected chi connectivity index (χ4v) is 4.83. The van der Waals surface area contributed by atoms with Crippen LogP contribution in [0, 0.1) is 23.4 Å². The van der Waals surface area contributed by atoms with Crippen molar-refractivity contribution in [2.45, 2.75) is 83.5 Å². The van der Waals surface area contributed by atoms with Gasteiger partial charge in [-0.1, -0.05) is 38.1 Å². The minimum atomic E-state index is -1.39. The number of halogens is 3. The van der Waals surface area contributed by atoms with Crippen molar-refractivity contribution in [2.75, 3.05) is 6.54 Å². The maximum absolute atomic E-state index is 14.4. The predicted molar refractivity (Wildman–Crippen MR) is 130 cm³/mol. The number of hydrogen-bond acceptors (Lipinski definition) is 5. The number of benzene rings is 2. The van der Waals surface area contributed by atoms with Crippen LogP contribution in [-0.4, -0.2) is 42.2 Å². The van der Waals surface area contributed by atoms with Crippen LogP contribution in [0.3, 0.4) is 0 Å². The normalized spacial score (nSPS) is 26.8. The van der Waals surface area contributed by atoms with E-state index in [4.69, 9.17) is 18.9 Å². The molecule has 0 bridgehead atoms. The van der Waals surface area contributed by atoms with E-state index in [0.717, 1.165) is 12.1 Å². The number of carbonyl (C=O) groups is 1. The number of nitrogens with one attached hydrogen (secondary N) is 1. The number of fused-ring (bicyclic) bond motifs is 1.